The number of nitrogens with zero attached hydrogens (tertiary/aromatic N) is 1. The van der Waals surface area contributed by atoms with Crippen molar-refractivity contribution >= 4 is 33.2 Å². The molecule has 8 nitrogen and oxygen atoms in total. The van der Waals surface area contributed by atoms with Crippen molar-refractivity contribution in [2.45, 2.75) is 24.8 Å². The fourth-order valence-electron chi connectivity index (χ4n) is 2.67. The summed E-state index contributed by atoms with van der Waals surface area (Å²) < 4.78 is 27.7. The summed E-state index contributed by atoms with van der Waals surface area (Å²) in [5, 5.41) is 5.37. The third-order valence-electron chi connectivity index (χ3n) is 4.35. The molecule has 1 heterocycles. The summed E-state index contributed by atoms with van der Waals surface area (Å²) in [6.07, 6.45) is 3.46. The Hall–Kier alpha value is -3.56. The van der Waals surface area contributed by atoms with Crippen LogP contribution in [0.1, 0.15) is 29.3 Å². The van der Waals surface area contributed by atoms with E-state index >= 15 is 0 Å². The highest BCUT2D eigenvalue weighted by Crippen LogP contribution is 2.16. The molecule has 0 aliphatic carbocycles. The molecule has 0 atom stereocenters. The predicted octanol–water partition coefficient (Wildman–Crippen LogP) is 3.16. The van der Waals surface area contributed by atoms with Gasteiger partial charge in [-0.1, -0.05) is 25.1 Å². The van der Waals surface area contributed by atoms with Gasteiger partial charge < -0.3 is 10.6 Å². The van der Waals surface area contributed by atoms with Crippen molar-refractivity contribution in [1.29, 1.82) is 0 Å². The number of anilines is 2. The summed E-state index contributed by atoms with van der Waals surface area (Å²) in [6.45, 7) is 1.77. The van der Waals surface area contributed by atoms with Crippen LogP contribution in [0.5, 0.6) is 0 Å². The molecule has 3 N–H and O–H groups in total. The van der Waals surface area contributed by atoms with Crippen molar-refractivity contribution in [2.75, 3.05) is 10.6 Å². The second kappa shape index (κ2) is 9.96. The number of pyridine rings is 1. The van der Waals surface area contributed by atoms with Crippen LogP contribution in [0, 0.1) is 0 Å². The lowest BCUT2D eigenvalue weighted by molar-refractivity contribution is -0.115. The summed E-state index contributed by atoms with van der Waals surface area (Å²) in [6, 6.07) is 16.1. The molecule has 160 valence electrons. The van der Waals surface area contributed by atoms with Gasteiger partial charge in [0, 0.05) is 30.4 Å². The molecule has 0 radical (unpaired) electrons. The van der Waals surface area contributed by atoms with Gasteiger partial charge in [0.25, 0.3) is 5.91 Å². The molecule has 2 aromatic carbocycles. The molecule has 2 amide bonds. The molecule has 0 fully saturated rings. The molecule has 31 heavy (non-hydrogen) atoms. The molecule has 3 rings (SSSR count). The SMILES string of the molecule is CCC(=O)Nc1cccc(S(=O)(=O)NCc2ccc(C(=O)Nc3cccnc3)cc2)c1. The highest BCUT2D eigenvalue weighted by atomic mass is 32.2. The maximum atomic E-state index is 12.6. The van der Waals surface area contributed by atoms with E-state index in [9.17, 15) is 18.0 Å². The Labute approximate surface area is 180 Å². The number of aromatic nitrogens is 1. The van der Waals surface area contributed by atoms with Crippen LogP contribution in [0.2, 0.25) is 0 Å². The molecule has 0 spiro atoms. The zero-order valence-corrected chi connectivity index (χ0v) is 17.6. The van der Waals surface area contributed by atoms with Gasteiger partial charge in [-0.3, -0.25) is 14.6 Å². The van der Waals surface area contributed by atoms with Crippen LogP contribution in [0.25, 0.3) is 0 Å². The second-order valence-corrected chi connectivity index (χ2v) is 8.41. The van der Waals surface area contributed by atoms with Crippen molar-refractivity contribution < 1.29 is 18.0 Å². The summed E-state index contributed by atoms with van der Waals surface area (Å²) in [7, 11) is -3.78. The van der Waals surface area contributed by atoms with Crippen LogP contribution >= 0.6 is 0 Å². The van der Waals surface area contributed by atoms with Gasteiger partial charge in [-0.2, -0.15) is 0 Å². The first-order chi connectivity index (χ1) is 14.9. The molecule has 0 aliphatic heterocycles. The van der Waals surface area contributed by atoms with Gasteiger partial charge in [0.2, 0.25) is 15.9 Å². The topological polar surface area (TPSA) is 117 Å². The first kappa shape index (κ1) is 22.1. The Bertz CT molecular complexity index is 1160. The minimum atomic E-state index is -3.78. The van der Waals surface area contributed by atoms with E-state index in [-0.39, 0.29) is 23.3 Å². The largest absolute Gasteiger partial charge is 0.326 e. The Morgan fingerprint density at radius 2 is 1.68 bits per heavy atom. The highest BCUT2D eigenvalue weighted by Gasteiger charge is 2.15. The molecule has 0 saturated heterocycles. The number of carbonyl (C=O) groups excluding carboxylic acids is 2. The van der Waals surface area contributed by atoms with E-state index in [4.69, 9.17) is 0 Å². The van der Waals surface area contributed by atoms with Gasteiger partial charge in [-0.15, -0.1) is 0 Å². The number of hydrogen-bond donors (Lipinski definition) is 3. The van der Waals surface area contributed by atoms with Gasteiger partial charge >= 0.3 is 0 Å². The zero-order chi connectivity index (χ0) is 22.3. The van der Waals surface area contributed by atoms with Gasteiger partial charge in [0.1, 0.15) is 0 Å². The van der Waals surface area contributed by atoms with Crippen LogP contribution in [-0.2, 0) is 21.4 Å². The smallest absolute Gasteiger partial charge is 0.255 e. The molecular weight excluding hydrogens is 416 g/mol. The van der Waals surface area contributed by atoms with Crippen LogP contribution < -0.4 is 15.4 Å². The van der Waals surface area contributed by atoms with Crippen LogP contribution in [0.3, 0.4) is 0 Å². The number of rotatable bonds is 8. The van der Waals surface area contributed by atoms with Crippen molar-refractivity contribution in [1.82, 2.24) is 9.71 Å². The Kier molecular flexibility index (Phi) is 7.11. The van der Waals surface area contributed by atoms with E-state index in [1.54, 1.807) is 67.8 Å². The first-order valence-electron chi connectivity index (χ1n) is 9.57. The average molecular weight is 439 g/mol. The fraction of sp³-hybridized carbons (Fsp3) is 0.136. The second-order valence-electron chi connectivity index (χ2n) is 6.65. The maximum Gasteiger partial charge on any atom is 0.255 e. The fourth-order valence-corrected chi connectivity index (χ4v) is 3.73. The summed E-state index contributed by atoms with van der Waals surface area (Å²) >= 11 is 0. The van der Waals surface area contributed by atoms with Crippen molar-refractivity contribution in [2.24, 2.45) is 0 Å². The lowest BCUT2D eigenvalue weighted by atomic mass is 10.1. The molecule has 0 aliphatic rings. The van der Waals surface area contributed by atoms with Gasteiger partial charge in [-0.25, -0.2) is 13.1 Å². The normalized spacial score (nSPS) is 11.0. The van der Waals surface area contributed by atoms with Crippen molar-refractivity contribution in [3.8, 4) is 0 Å². The predicted molar refractivity (Wildman–Crippen MR) is 118 cm³/mol. The van der Waals surface area contributed by atoms with E-state index in [2.05, 4.69) is 20.3 Å². The zero-order valence-electron chi connectivity index (χ0n) is 16.8. The lowest BCUT2D eigenvalue weighted by Gasteiger charge is -2.10. The Balaban J connectivity index is 1.62. The highest BCUT2D eigenvalue weighted by molar-refractivity contribution is 7.89. The number of amides is 2. The molecule has 0 bridgehead atoms. The lowest BCUT2D eigenvalue weighted by Crippen LogP contribution is -2.23. The van der Waals surface area contributed by atoms with Gasteiger partial charge in [0.05, 0.1) is 16.8 Å². The molecule has 0 unspecified atom stereocenters. The summed E-state index contributed by atoms with van der Waals surface area (Å²) in [5.41, 5.74) is 2.13. The van der Waals surface area contributed by atoms with E-state index in [1.807, 2.05) is 0 Å². The minimum absolute atomic E-state index is 0.0499. The van der Waals surface area contributed by atoms with Crippen LogP contribution in [0.4, 0.5) is 11.4 Å². The average Bonchev–Trinajstić information content (AvgIpc) is 2.79. The molecule has 1 aromatic heterocycles. The van der Waals surface area contributed by atoms with Gasteiger partial charge in [-0.05, 0) is 48.0 Å². The Morgan fingerprint density at radius 3 is 2.35 bits per heavy atom. The molecule has 3 aromatic rings. The van der Waals surface area contributed by atoms with E-state index in [0.29, 0.717) is 28.9 Å². The van der Waals surface area contributed by atoms with Crippen molar-refractivity contribution in [3.05, 3.63) is 84.2 Å². The quantitative estimate of drug-likeness (QED) is 0.499. The number of sulfonamides is 1. The number of benzene rings is 2. The Morgan fingerprint density at radius 1 is 0.935 bits per heavy atom. The number of carbonyl (C=O) groups is 2. The van der Waals surface area contributed by atoms with Crippen molar-refractivity contribution in [3.63, 3.8) is 0 Å². The molecule has 0 saturated carbocycles. The van der Waals surface area contributed by atoms with Crippen LogP contribution in [0.15, 0.2) is 78.0 Å². The third-order valence-corrected chi connectivity index (χ3v) is 5.75. The van der Waals surface area contributed by atoms with E-state index in [1.165, 1.54) is 12.1 Å². The standard InChI is InChI=1S/C22H22N4O4S/c1-2-21(27)25-18-5-3-7-20(13-18)31(29,30)24-14-16-8-10-17(11-9-16)22(28)26-19-6-4-12-23-15-19/h3-13,15,24H,2,14H2,1H3,(H,25,27)(H,26,28). The number of hydrogen-bond acceptors (Lipinski definition) is 5. The molecular formula is C22H22N4O4S. The van der Waals surface area contributed by atoms with Gasteiger partial charge in [0.15, 0.2) is 0 Å². The number of nitrogens with one attached hydrogen (secondary N) is 3. The van der Waals surface area contributed by atoms with E-state index < -0.39 is 10.0 Å². The van der Waals surface area contributed by atoms with Crippen LogP contribution in [-0.4, -0.2) is 25.2 Å². The van der Waals surface area contributed by atoms with E-state index in [0.717, 1.165) is 0 Å². The summed E-state index contributed by atoms with van der Waals surface area (Å²) in [5.74, 6) is -0.485. The first-order valence-corrected chi connectivity index (χ1v) is 11.1. The minimum Gasteiger partial charge on any atom is -0.326 e. The molecule has 9 heteroatoms. The monoisotopic (exact) mass is 438 g/mol. The third kappa shape index (κ3) is 6.21. The summed E-state index contributed by atoms with van der Waals surface area (Å²) in [4.78, 5) is 27.8. The maximum absolute atomic E-state index is 12.6.